The van der Waals surface area contributed by atoms with Gasteiger partial charge in [-0.05, 0) is 42.9 Å². The van der Waals surface area contributed by atoms with Crippen LogP contribution in [0.3, 0.4) is 0 Å². The summed E-state index contributed by atoms with van der Waals surface area (Å²) in [6, 6.07) is 3.80. The zero-order valence-corrected chi connectivity index (χ0v) is 10.7. The Hall–Kier alpha value is -1.46. The van der Waals surface area contributed by atoms with Crippen molar-refractivity contribution in [2.24, 2.45) is 5.41 Å². The monoisotopic (exact) mass is 267 g/mol. The second-order valence-electron chi connectivity index (χ2n) is 5.19. The number of carbonyl (C=O) groups is 1. The average molecular weight is 267 g/mol. The van der Waals surface area contributed by atoms with E-state index in [0.29, 0.717) is 12.1 Å². The molecule has 0 heterocycles. The van der Waals surface area contributed by atoms with Gasteiger partial charge in [0.1, 0.15) is 5.82 Å². The number of aliphatic hydroxyl groups is 1. The molecule has 0 aliphatic heterocycles. The summed E-state index contributed by atoms with van der Waals surface area (Å²) in [7, 11) is 0. The first kappa shape index (κ1) is 14.0. The zero-order chi connectivity index (χ0) is 13.9. The first-order valence-corrected chi connectivity index (χ1v) is 6.40. The van der Waals surface area contributed by atoms with E-state index in [4.69, 9.17) is 10.2 Å². The van der Waals surface area contributed by atoms with Crippen LogP contribution in [0.1, 0.15) is 35.2 Å². The maximum absolute atomic E-state index is 13.5. The molecule has 4 nitrogen and oxygen atoms in total. The van der Waals surface area contributed by atoms with Gasteiger partial charge in [0.25, 0.3) is 0 Å². The van der Waals surface area contributed by atoms with Crippen molar-refractivity contribution < 1.29 is 19.4 Å². The lowest BCUT2D eigenvalue weighted by molar-refractivity contribution is 0.0696. The number of aromatic carboxylic acids is 1. The molecule has 3 N–H and O–H groups in total. The third-order valence-corrected chi connectivity index (χ3v) is 3.71. The summed E-state index contributed by atoms with van der Waals surface area (Å²) in [5.41, 5.74) is 0.615. The smallest absolute Gasteiger partial charge is 0.335 e. The van der Waals surface area contributed by atoms with Gasteiger partial charge < -0.3 is 15.5 Å². The van der Waals surface area contributed by atoms with Crippen LogP contribution in [0.2, 0.25) is 0 Å². The fourth-order valence-corrected chi connectivity index (χ4v) is 2.23. The molecule has 0 aromatic heterocycles. The zero-order valence-electron chi connectivity index (χ0n) is 10.7. The Morgan fingerprint density at radius 3 is 2.74 bits per heavy atom. The molecule has 1 aromatic rings. The second kappa shape index (κ2) is 5.67. The van der Waals surface area contributed by atoms with Gasteiger partial charge in [-0.3, -0.25) is 0 Å². The molecule has 0 unspecified atom stereocenters. The van der Waals surface area contributed by atoms with Crippen LogP contribution < -0.4 is 5.32 Å². The van der Waals surface area contributed by atoms with E-state index in [1.807, 2.05) is 0 Å². The maximum Gasteiger partial charge on any atom is 0.335 e. The number of carboxylic acids is 1. The Morgan fingerprint density at radius 2 is 2.16 bits per heavy atom. The predicted octanol–water partition coefficient (Wildman–Crippen LogP) is 1.78. The van der Waals surface area contributed by atoms with Crippen molar-refractivity contribution in [3.05, 3.63) is 35.1 Å². The largest absolute Gasteiger partial charge is 0.478 e. The highest BCUT2D eigenvalue weighted by Crippen LogP contribution is 2.47. The first-order valence-electron chi connectivity index (χ1n) is 6.40. The fraction of sp³-hybridized carbons (Fsp3) is 0.500. The Kier molecular flexibility index (Phi) is 4.17. The van der Waals surface area contributed by atoms with E-state index in [1.165, 1.54) is 18.2 Å². The summed E-state index contributed by atoms with van der Waals surface area (Å²) in [5, 5.41) is 21.0. The van der Waals surface area contributed by atoms with E-state index in [0.717, 1.165) is 25.8 Å². The van der Waals surface area contributed by atoms with Gasteiger partial charge in [0, 0.05) is 25.3 Å². The Labute approximate surface area is 111 Å². The van der Waals surface area contributed by atoms with Gasteiger partial charge in [0.15, 0.2) is 0 Å². The van der Waals surface area contributed by atoms with E-state index < -0.39 is 11.8 Å². The van der Waals surface area contributed by atoms with Crippen molar-refractivity contribution in [2.75, 3.05) is 13.2 Å². The van der Waals surface area contributed by atoms with E-state index in [1.54, 1.807) is 0 Å². The first-order chi connectivity index (χ1) is 9.06. The molecule has 0 atom stereocenters. The summed E-state index contributed by atoms with van der Waals surface area (Å²) >= 11 is 0. The predicted molar refractivity (Wildman–Crippen MR) is 68.4 cm³/mol. The minimum absolute atomic E-state index is 0.0923. The highest BCUT2D eigenvalue weighted by Gasteiger charge is 2.41. The minimum Gasteiger partial charge on any atom is -0.478 e. The Balaban J connectivity index is 1.92. The van der Waals surface area contributed by atoms with Gasteiger partial charge in [-0.15, -0.1) is 0 Å². The number of hydrogen-bond acceptors (Lipinski definition) is 3. The van der Waals surface area contributed by atoms with Crippen LogP contribution in [0.25, 0.3) is 0 Å². The minimum atomic E-state index is -1.06. The Morgan fingerprint density at radius 1 is 1.42 bits per heavy atom. The molecule has 0 saturated heterocycles. The number of hydrogen-bond donors (Lipinski definition) is 3. The van der Waals surface area contributed by atoms with Crippen LogP contribution in [0.15, 0.2) is 18.2 Å². The lowest BCUT2D eigenvalue weighted by Crippen LogP contribution is -2.25. The van der Waals surface area contributed by atoms with Crippen LogP contribution >= 0.6 is 0 Å². The molecule has 104 valence electrons. The summed E-state index contributed by atoms with van der Waals surface area (Å²) in [4.78, 5) is 10.8. The molecular weight excluding hydrogens is 249 g/mol. The molecular formula is C14H18FNO3. The number of carboxylic acid groups (broad SMARTS) is 1. The third-order valence-electron chi connectivity index (χ3n) is 3.71. The lowest BCUT2D eigenvalue weighted by Gasteiger charge is -2.15. The van der Waals surface area contributed by atoms with E-state index in [9.17, 15) is 9.18 Å². The van der Waals surface area contributed by atoms with Gasteiger partial charge in [0.2, 0.25) is 0 Å². The fourth-order valence-electron chi connectivity index (χ4n) is 2.23. The van der Waals surface area contributed by atoms with Crippen molar-refractivity contribution >= 4 is 5.97 Å². The van der Waals surface area contributed by atoms with Crippen LogP contribution in [0.5, 0.6) is 0 Å². The van der Waals surface area contributed by atoms with Crippen LogP contribution in [-0.4, -0.2) is 29.3 Å². The highest BCUT2D eigenvalue weighted by atomic mass is 19.1. The van der Waals surface area contributed by atoms with E-state index >= 15 is 0 Å². The van der Waals surface area contributed by atoms with Crippen LogP contribution in [0.4, 0.5) is 4.39 Å². The molecule has 5 heteroatoms. The number of benzene rings is 1. The quantitative estimate of drug-likeness (QED) is 0.704. The Bertz CT molecular complexity index is 472. The SMILES string of the molecule is O=C(O)c1ccc(F)c(CNCC2(CCO)CC2)c1. The topological polar surface area (TPSA) is 69.6 Å². The molecule has 0 radical (unpaired) electrons. The third kappa shape index (κ3) is 3.52. The van der Waals surface area contributed by atoms with Gasteiger partial charge in [0.05, 0.1) is 5.56 Å². The van der Waals surface area contributed by atoms with E-state index in [-0.39, 0.29) is 17.6 Å². The standard InChI is InChI=1S/C14H18FNO3/c15-12-2-1-10(13(18)19)7-11(12)8-16-9-14(3-4-14)5-6-17/h1-2,7,16-17H,3-6,8-9H2,(H,18,19). The average Bonchev–Trinajstić information content (AvgIpc) is 3.12. The summed E-state index contributed by atoms with van der Waals surface area (Å²) in [6.07, 6.45) is 2.92. The number of halogens is 1. The highest BCUT2D eigenvalue weighted by molar-refractivity contribution is 5.87. The normalized spacial score (nSPS) is 16.3. The number of aliphatic hydroxyl groups excluding tert-OH is 1. The molecule has 1 aliphatic carbocycles. The summed E-state index contributed by atoms with van der Waals surface area (Å²) in [5.74, 6) is -1.45. The molecule has 0 amide bonds. The molecule has 1 fully saturated rings. The van der Waals surface area contributed by atoms with Gasteiger partial charge in [-0.25, -0.2) is 9.18 Å². The van der Waals surface area contributed by atoms with Crippen LogP contribution in [-0.2, 0) is 6.54 Å². The molecule has 1 aromatic carbocycles. The lowest BCUT2D eigenvalue weighted by atomic mass is 10.0. The number of rotatable bonds is 7. The van der Waals surface area contributed by atoms with E-state index in [2.05, 4.69) is 5.32 Å². The molecule has 19 heavy (non-hydrogen) atoms. The summed E-state index contributed by atoms with van der Waals surface area (Å²) in [6.45, 7) is 1.20. The van der Waals surface area contributed by atoms with Crippen molar-refractivity contribution in [2.45, 2.75) is 25.8 Å². The molecule has 1 aliphatic rings. The summed E-state index contributed by atoms with van der Waals surface area (Å²) < 4.78 is 13.5. The van der Waals surface area contributed by atoms with Crippen molar-refractivity contribution in [3.8, 4) is 0 Å². The van der Waals surface area contributed by atoms with Gasteiger partial charge in [-0.1, -0.05) is 0 Å². The van der Waals surface area contributed by atoms with Crippen molar-refractivity contribution in [3.63, 3.8) is 0 Å². The van der Waals surface area contributed by atoms with Crippen molar-refractivity contribution in [1.29, 1.82) is 0 Å². The van der Waals surface area contributed by atoms with Gasteiger partial charge in [-0.2, -0.15) is 0 Å². The maximum atomic E-state index is 13.5. The van der Waals surface area contributed by atoms with Gasteiger partial charge >= 0.3 is 5.97 Å². The van der Waals surface area contributed by atoms with Crippen LogP contribution in [0, 0.1) is 11.2 Å². The molecule has 0 spiro atoms. The number of nitrogens with one attached hydrogen (secondary N) is 1. The molecule has 0 bridgehead atoms. The van der Waals surface area contributed by atoms with Crippen molar-refractivity contribution in [1.82, 2.24) is 5.32 Å². The second-order valence-corrected chi connectivity index (χ2v) is 5.19. The molecule has 2 rings (SSSR count). The molecule has 1 saturated carbocycles.